The van der Waals surface area contributed by atoms with Gasteiger partial charge in [-0.2, -0.15) is 0 Å². The molecule has 0 aliphatic rings. The lowest BCUT2D eigenvalue weighted by Gasteiger charge is -1.87. The van der Waals surface area contributed by atoms with E-state index in [1.165, 1.54) is 10.8 Å². The first-order valence-electron chi connectivity index (χ1n) is 2.80. The average molecular weight is 169 g/mol. The Labute approximate surface area is 69.4 Å². The van der Waals surface area contributed by atoms with E-state index in [-0.39, 0.29) is 0 Å². The topological polar surface area (TPSA) is 12.9 Å². The number of nitrogens with zero attached hydrogens (tertiary/aromatic N) is 1. The molecule has 0 unspecified atom stereocenters. The van der Waals surface area contributed by atoms with Gasteiger partial charge >= 0.3 is 0 Å². The van der Waals surface area contributed by atoms with Crippen LogP contribution in [0.3, 0.4) is 0 Å². The predicted molar refractivity (Wildman–Crippen MR) is 49.8 cm³/mol. The highest BCUT2D eigenvalue weighted by atomic mass is 33.1. The third-order valence-electron chi connectivity index (χ3n) is 1.01. The molecule has 0 aliphatic carbocycles. The first-order valence-corrected chi connectivity index (χ1v) is 4.73. The van der Waals surface area contributed by atoms with Crippen molar-refractivity contribution in [1.82, 2.24) is 4.98 Å². The largest absolute Gasteiger partial charge is 0.264 e. The van der Waals surface area contributed by atoms with Gasteiger partial charge < -0.3 is 0 Å². The maximum Gasteiger partial charge on any atom is 0.0340 e. The maximum atomic E-state index is 3.96. The van der Waals surface area contributed by atoms with Gasteiger partial charge in [0.15, 0.2) is 0 Å². The van der Waals surface area contributed by atoms with Crippen molar-refractivity contribution in [2.75, 3.05) is 0 Å². The second-order valence-electron chi connectivity index (χ2n) is 1.69. The van der Waals surface area contributed by atoms with Crippen LogP contribution in [0.4, 0.5) is 0 Å². The van der Waals surface area contributed by atoms with E-state index in [0.29, 0.717) is 0 Å². The van der Waals surface area contributed by atoms with Crippen molar-refractivity contribution >= 4 is 28.5 Å². The maximum absolute atomic E-state index is 3.96. The van der Waals surface area contributed by atoms with E-state index in [1.54, 1.807) is 12.4 Å². The molecule has 3 heteroatoms. The van der Waals surface area contributed by atoms with E-state index in [0.717, 1.165) is 5.56 Å². The molecule has 0 N–H and O–H groups in total. The Bertz CT molecular complexity index is 208. The molecule has 0 radical (unpaired) electrons. The molecule has 52 valence electrons. The lowest BCUT2D eigenvalue weighted by Crippen LogP contribution is -1.71. The van der Waals surface area contributed by atoms with Crippen LogP contribution < -0.4 is 0 Å². The molecule has 0 aromatic carbocycles. The number of pyridine rings is 1. The summed E-state index contributed by atoms with van der Waals surface area (Å²) in [5.74, 6) is 0. The Morgan fingerprint density at radius 2 is 2.50 bits per heavy atom. The lowest BCUT2D eigenvalue weighted by atomic mass is 10.3. The zero-order valence-electron chi connectivity index (χ0n) is 5.27. The van der Waals surface area contributed by atoms with Crippen molar-refractivity contribution in [3.63, 3.8) is 0 Å². The number of hydrogen-bond donors (Lipinski definition) is 1. The number of thiol groups is 1. The summed E-state index contributed by atoms with van der Waals surface area (Å²) in [7, 11) is 1.38. The summed E-state index contributed by atoms with van der Waals surface area (Å²) >= 11 is 3.96. The third kappa shape index (κ3) is 2.45. The molecule has 0 spiro atoms. The average Bonchev–Trinajstić information content (AvgIpc) is 2.03. The SMILES string of the molecule is SS/C=C/c1cccnc1. The number of hydrogen-bond acceptors (Lipinski definition) is 3. The van der Waals surface area contributed by atoms with Gasteiger partial charge in [0.05, 0.1) is 0 Å². The molecule has 0 bridgehead atoms. The van der Waals surface area contributed by atoms with Gasteiger partial charge in [-0.05, 0) is 23.1 Å². The van der Waals surface area contributed by atoms with Gasteiger partial charge in [0, 0.05) is 12.4 Å². The van der Waals surface area contributed by atoms with Crippen LogP contribution in [0, 0.1) is 0 Å². The molecule has 1 aromatic heterocycles. The lowest BCUT2D eigenvalue weighted by molar-refractivity contribution is 1.32. The fraction of sp³-hybridized carbons (Fsp3) is 0. The van der Waals surface area contributed by atoms with Crippen LogP contribution in [-0.4, -0.2) is 4.98 Å². The van der Waals surface area contributed by atoms with Crippen LogP contribution >= 0.6 is 22.5 Å². The van der Waals surface area contributed by atoms with Gasteiger partial charge in [0.25, 0.3) is 0 Å². The first-order chi connectivity index (χ1) is 4.93. The molecule has 10 heavy (non-hydrogen) atoms. The molecule has 0 amide bonds. The Hall–Kier alpha value is -0.410. The normalized spacial score (nSPS) is 10.5. The van der Waals surface area contributed by atoms with Gasteiger partial charge in [-0.15, -0.1) is 11.7 Å². The molecule has 0 aliphatic heterocycles. The zero-order chi connectivity index (χ0) is 7.23. The van der Waals surface area contributed by atoms with Crippen LogP contribution in [0.15, 0.2) is 29.9 Å². The first kappa shape index (κ1) is 7.69. The van der Waals surface area contributed by atoms with Crippen LogP contribution in [-0.2, 0) is 0 Å². The van der Waals surface area contributed by atoms with Gasteiger partial charge in [-0.3, -0.25) is 4.98 Å². The number of aromatic nitrogens is 1. The fourth-order valence-electron chi connectivity index (χ4n) is 0.584. The van der Waals surface area contributed by atoms with Crippen molar-refractivity contribution in [3.8, 4) is 0 Å². The minimum absolute atomic E-state index is 1.10. The van der Waals surface area contributed by atoms with E-state index in [9.17, 15) is 0 Å². The summed E-state index contributed by atoms with van der Waals surface area (Å²) in [6, 6.07) is 3.90. The molecule has 0 saturated carbocycles. The smallest absolute Gasteiger partial charge is 0.0340 e. The van der Waals surface area contributed by atoms with Gasteiger partial charge in [0.2, 0.25) is 0 Å². The molecule has 0 atom stereocenters. The standard InChI is InChI=1S/C7H7NS2/c9-10-5-3-7-2-1-4-8-6-7/h1-6,9H/b5-3+. The Morgan fingerprint density at radius 1 is 1.60 bits per heavy atom. The van der Waals surface area contributed by atoms with Crippen molar-refractivity contribution < 1.29 is 0 Å². The van der Waals surface area contributed by atoms with E-state index in [1.807, 2.05) is 23.6 Å². The van der Waals surface area contributed by atoms with Crippen LogP contribution in [0.1, 0.15) is 5.56 Å². The highest BCUT2D eigenvalue weighted by Crippen LogP contribution is 2.09. The van der Waals surface area contributed by atoms with Gasteiger partial charge in [0.1, 0.15) is 0 Å². The number of rotatable bonds is 2. The quantitative estimate of drug-likeness (QED) is 0.540. The van der Waals surface area contributed by atoms with E-state index in [4.69, 9.17) is 0 Å². The van der Waals surface area contributed by atoms with Crippen molar-refractivity contribution in [1.29, 1.82) is 0 Å². The van der Waals surface area contributed by atoms with Crippen molar-refractivity contribution in [3.05, 3.63) is 35.5 Å². The van der Waals surface area contributed by atoms with Crippen LogP contribution in [0.5, 0.6) is 0 Å². The minimum atomic E-state index is 1.10. The van der Waals surface area contributed by atoms with Crippen LogP contribution in [0.25, 0.3) is 6.08 Å². The predicted octanol–water partition coefficient (Wildman–Crippen LogP) is 2.63. The summed E-state index contributed by atoms with van der Waals surface area (Å²) in [5.41, 5.74) is 1.10. The van der Waals surface area contributed by atoms with E-state index >= 15 is 0 Å². The second-order valence-corrected chi connectivity index (χ2v) is 2.81. The molecular weight excluding hydrogens is 162 g/mol. The second kappa shape index (κ2) is 4.41. The Balaban J connectivity index is 2.67. The summed E-state index contributed by atoms with van der Waals surface area (Å²) in [5, 5.41) is 1.90. The molecule has 1 aromatic rings. The molecule has 1 heterocycles. The molecule has 1 rings (SSSR count). The Morgan fingerprint density at radius 3 is 3.10 bits per heavy atom. The van der Waals surface area contributed by atoms with Gasteiger partial charge in [-0.1, -0.05) is 16.9 Å². The van der Waals surface area contributed by atoms with Crippen LogP contribution in [0.2, 0.25) is 0 Å². The monoisotopic (exact) mass is 169 g/mol. The molecular formula is C7H7NS2. The molecule has 1 nitrogen and oxygen atoms in total. The Kier molecular flexibility index (Phi) is 3.40. The molecule has 0 fully saturated rings. The summed E-state index contributed by atoms with van der Waals surface area (Å²) in [4.78, 5) is 3.95. The van der Waals surface area contributed by atoms with Crippen molar-refractivity contribution in [2.24, 2.45) is 0 Å². The fourth-order valence-corrected chi connectivity index (χ4v) is 0.984. The van der Waals surface area contributed by atoms with Gasteiger partial charge in [-0.25, -0.2) is 0 Å². The molecule has 0 saturated heterocycles. The van der Waals surface area contributed by atoms with Crippen molar-refractivity contribution in [2.45, 2.75) is 0 Å². The highest BCUT2D eigenvalue weighted by Gasteiger charge is 1.80. The third-order valence-corrected chi connectivity index (χ3v) is 1.63. The summed E-state index contributed by atoms with van der Waals surface area (Å²) in [6.45, 7) is 0. The van der Waals surface area contributed by atoms with E-state index < -0.39 is 0 Å². The summed E-state index contributed by atoms with van der Waals surface area (Å²) < 4.78 is 0. The van der Waals surface area contributed by atoms with E-state index in [2.05, 4.69) is 16.6 Å². The summed E-state index contributed by atoms with van der Waals surface area (Å²) in [6.07, 6.45) is 5.52. The highest BCUT2D eigenvalue weighted by molar-refractivity contribution is 8.69. The minimum Gasteiger partial charge on any atom is -0.264 e. The zero-order valence-corrected chi connectivity index (χ0v) is 6.98.